The third-order valence-corrected chi connectivity index (χ3v) is 5.56. The molecule has 1 aromatic heterocycles. The lowest BCUT2D eigenvalue weighted by Gasteiger charge is -2.14. The van der Waals surface area contributed by atoms with Crippen LogP contribution in [0.4, 0.5) is 5.69 Å². The van der Waals surface area contributed by atoms with Crippen molar-refractivity contribution in [3.63, 3.8) is 0 Å². The Morgan fingerprint density at radius 2 is 2.04 bits per heavy atom. The molecule has 0 aliphatic carbocycles. The molecule has 2 N–H and O–H groups in total. The number of fused-ring (bicyclic) bond motifs is 1. The fraction of sp³-hybridized carbons (Fsp3) is 0.176. The molecule has 0 saturated carbocycles. The molecule has 0 bridgehead atoms. The number of anilines is 1. The van der Waals surface area contributed by atoms with Crippen LogP contribution in [0.25, 0.3) is 11.0 Å². The number of hydrogen-bond donors (Lipinski definition) is 2. The number of amides is 1. The number of carbonyl (C=O) groups is 1. The highest BCUT2D eigenvalue weighted by Crippen LogP contribution is 2.31. The lowest BCUT2D eigenvalue weighted by Crippen LogP contribution is -2.24. The van der Waals surface area contributed by atoms with Crippen molar-refractivity contribution >= 4 is 57.6 Å². The predicted octanol–water partition coefficient (Wildman–Crippen LogP) is 5.38. The first-order valence-electron chi connectivity index (χ1n) is 7.44. The van der Waals surface area contributed by atoms with E-state index >= 15 is 0 Å². The summed E-state index contributed by atoms with van der Waals surface area (Å²) in [6, 6.07) is 12.9. The molecular formula is C17H15Cl2N3OS. The monoisotopic (exact) mass is 379 g/mol. The van der Waals surface area contributed by atoms with Gasteiger partial charge in [-0.2, -0.15) is 0 Å². The van der Waals surface area contributed by atoms with Gasteiger partial charge in [0, 0.05) is 0 Å². The van der Waals surface area contributed by atoms with Gasteiger partial charge in [-0.3, -0.25) is 4.79 Å². The van der Waals surface area contributed by atoms with Crippen molar-refractivity contribution < 1.29 is 4.79 Å². The number of aromatic nitrogens is 2. The molecule has 0 spiro atoms. The summed E-state index contributed by atoms with van der Waals surface area (Å²) in [4.78, 5) is 20.3. The van der Waals surface area contributed by atoms with Crippen LogP contribution in [-0.2, 0) is 4.79 Å². The molecule has 1 heterocycles. The summed E-state index contributed by atoms with van der Waals surface area (Å²) in [5, 5.41) is 4.02. The van der Waals surface area contributed by atoms with E-state index in [0.29, 0.717) is 22.2 Å². The van der Waals surface area contributed by atoms with Crippen LogP contribution in [0.15, 0.2) is 47.6 Å². The molecule has 0 aliphatic rings. The Morgan fingerprint density at radius 1 is 1.25 bits per heavy atom. The van der Waals surface area contributed by atoms with Gasteiger partial charge in [-0.15, -0.1) is 0 Å². The number of benzene rings is 2. The number of halogens is 2. The number of nitrogens with one attached hydrogen (secondary N) is 2. The average Bonchev–Trinajstić information content (AvgIpc) is 2.99. The lowest BCUT2D eigenvalue weighted by molar-refractivity contribution is -0.115. The van der Waals surface area contributed by atoms with Crippen molar-refractivity contribution in [3.05, 3.63) is 52.5 Å². The second-order valence-corrected chi connectivity index (χ2v) is 7.14. The van der Waals surface area contributed by atoms with Crippen molar-refractivity contribution in [2.24, 2.45) is 0 Å². The molecule has 124 valence electrons. The van der Waals surface area contributed by atoms with Gasteiger partial charge < -0.3 is 10.3 Å². The molecule has 3 rings (SSSR count). The van der Waals surface area contributed by atoms with E-state index in [1.54, 1.807) is 18.2 Å². The van der Waals surface area contributed by atoms with E-state index in [1.165, 1.54) is 11.8 Å². The zero-order valence-electron chi connectivity index (χ0n) is 12.8. The van der Waals surface area contributed by atoms with Gasteiger partial charge in [0.15, 0.2) is 5.16 Å². The first-order chi connectivity index (χ1) is 11.6. The van der Waals surface area contributed by atoms with Crippen molar-refractivity contribution in [2.75, 3.05) is 5.32 Å². The molecule has 0 fully saturated rings. The Hall–Kier alpha value is -1.69. The molecule has 3 aromatic rings. The SMILES string of the molecule is CCC(Sc1nc2ccccc2[nH]1)C(=O)Nc1cccc(Cl)c1Cl. The van der Waals surface area contributed by atoms with Crippen LogP contribution < -0.4 is 5.32 Å². The summed E-state index contributed by atoms with van der Waals surface area (Å²) < 4.78 is 0. The molecule has 0 saturated heterocycles. The maximum atomic E-state index is 12.6. The van der Waals surface area contributed by atoms with Gasteiger partial charge in [-0.25, -0.2) is 4.98 Å². The van der Waals surface area contributed by atoms with E-state index in [-0.39, 0.29) is 11.2 Å². The third-order valence-electron chi connectivity index (χ3n) is 3.49. The highest BCUT2D eigenvalue weighted by Gasteiger charge is 2.21. The number of hydrogen-bond acceptors (Lipinski definition) is 3. The molecule has 7 heteroatoms. The van der Waals surface area contributed by atoms with Crippen molar-refractivity contribution in [1.82, 2.24) is 9.97 Å². The van der Waals surface area contributed by atoms with Crippen LogP contribution in [0.1, 0.15) is 13.3 Å². The van der Waals surface area contributed by atoms with Crippen LogP contribution in [0.2, 0.25) is 10.0 Å². The summed E-state index contributed by atoms with van der Waals surface area (Å²) in [7, 11) is 0. The van der Waals surface area contributed by atoms with Crippen LogP contribution in [0.3, 0.4) is 0 Å². The van der Waals surface area contributed by atoms with E-state index < -0.39 is 0 Å². The quantitative estimate of drug-likeness (QED) is 0.585. The fourth-order valence-electron chi connectivity index (χ4n) is 2.26. The maximum Gasteiger partial charge on any atom is 0.238 e. The van der Waals surface area contributed by atoms with E-state index in [0.717, 1.165) is 16.2 Å². The summed E-state index contributed by atoms with van der Waals surface area (Å²) in [6.07, 6.45) is 0.658. The van der Waals surface area contributed by atoms with Gasteiger partial charge in [-0.1, -0.05) is 60.1 Å². The maximum absolute atomic E-state index is 12.6. The molecular weight excluding hydrogens is 365 g/mol. The van der Waals surface area contributed by atoms with Crippen LogP contribution >= 0.6 is 35.0 Å². The van der Waals surface area contributed by atoms with Crippen molar-refractivity contribution in [1.29, 1.82) is 0 Å². The molecule has 0 aliphatic heterocycles. The zero-order chi connectivity index (χ0) is 17.1. The standard InChI is InChI=1S/C17H15Cl2N3OS/c1-2-14(16(23)20-13-9-5-6-10(18)15(13)19)24-17-21-11-7-3-4-8-12(11)22-17/h3-9,14H,2H2,1H3,(H,20,23)(H,21,22). The molecule has 0 radical (unpaired) electrons. The number of H-pyrrole nitrogens is 1. The number of rotatable bonds is 5. The van der Waals surface area contributed by atoms with Gasteiger partial charge >= 0.3 is 0 Å². The Bertz CT molecular complexity index is 848. The Balaban J connectivity index is 1.75. The van der Waals surface area contributed by atoms with Crippen molar-refractivity contribution in [2.45, 2.75) is 23.8 Å². The minimum atomic E-state index is -0.291. The van der Waals surface area contributed by atoms with Crippen LogP contribution in [0.5, 0.6) is 0 Å². The summed E-state index contributed by atoms with van der Waals surface area (Å²) in [6.45, 7) is 1.96. The summed E-state index contributed by atoms with van der Waals surface area (Å²) in [5.74, 6) is -0.132. The Morgan fingerprint density at radius 3 is 2.79 bits per heavy atom. The zero-order valence-corrected chi connectivity index (χ0v) is 15.2. The summed E-state index contributed by atoms with van der Waals surface area (Å²) in [5.41, 5.74) is 2.35. The van der Waals surface area contributed by atoms with Gasteiger partial charge in [-0.05, 0) is 30.7 Å². The largest absolute Gasteiger partial charge is 0.333 e. The van der Waals surface area contributed by atoms with Crippen molar-refractivity contribution in [3.8, 4) is 0 Å². The molecule has 1 unspecified atom stereocenters. The van der Waals surface area contributed by atoms with Crippen LogP contribution in [-0.4, -0.2) is 21.1 Å². The van der Waals surface area contributed by atoms with Gasteiger partial charge in [0.1, 0.15) is 0 Å². The number of para-hydroxylation sites is 2. The number of imidazole rings is 1. The first-order valence-corrected chi connectivity index (χ1v) is 9.08. The molecule has 1 atom stereocenters. The van der Waals surface area contributed by atoms with E-state index in [1.807, 2.05) is 31.2 Å². The number of carbonyl (C=O) groups excluding carboxylic acids is 1. The third kappa shape index (κ3) is 3.69. The molecule has 4 nitrogen and oxygen atoms in total. The van der Waals surface area contributed by atoms with E-state index in [4.69, 9.17) is 23.2 Å². The number of nitrogens with zero attached hydrogens (tertiary/aromatic N) is 1. The second-order valence-electron chi connectivity index (χ2n) is 5.16. The van der Waals surface area contributed by atoms with E-state index in [9.17, 15) is 4.79 Å². The topological polar surface area (TPSA) is 57.8 Å². The minimum Gasteiger partial charge on any atom is -0.333 e. The smallest absolute Gasteiger partial charge is 0.238 e. The van der Waals surface area contributed by atoms with E-state index in [2.05, 4.69) is 15.3 Å². The molecule has 2 aromatic carbocycles. The van der Waals surface area contributed by atoms with Gasteiger partial charge in [0.05, 0.1) is 32.0 Å². The number of aromatic amines is 1. The van der Waals surface area contributed by atoms with Crippen LogP contribution in [0, 0.1) is 0 Å². The van der Waals surface area contributed by atoms with Gasteiger partial charge in [0.25, 0.3) is 0 Å². The predicted molar refractivity (Wildman–Crippen MR) is 101 cm³/mol. The average molecular weight is 380 g/mol. The highest BCUT2D eigenvalue weighted by molar-refractivity contribution is 8.00. The lowest BCUT2D eigenvalue weighted by atomic mass is 10.2. The fourth-order valence-corrected chi connectivity index (χ4v) is 3.53. The molecule has 24 heavy (non-hydrogen) atoms. The molecule has 1 amide bonds. The normalized spacial score (nSPS) is 12.3. The second kappa shape index (κ2) is 7.47. The Labute approximate surface area is 153 Å². The first kappa shape index (κ1) is 17.1. The summed E-state index contributed by atoms with van der Waals surface area (Å²) >= 11 is 13.5. The minimum absolute atomic E-state index is 0.132. The highest BCUT2D eigenvalue weighted by atomic mass is 35.5. The number of thioether (sulfide) groups is 1. The Kier molecular flexibility index (Phi) is 5.33. The van der Waals surface area contributed by atoms with Gasteiger partial charge in [0.2, 0.25) is 5.91 Å².